The number of alkyl halides is 2. The minimum Gasteiger partial charge on any atom is -0.398 e. The van der Waals surface area contributed by atoms with E-state index < -0.39 is 21.3 Å². The van der Waals surface area contributed by atoms with Gasteiger partial charge in [-0.3, -0.25) is 0 Å². The van der Waals surface area contributed by atoms with E-state index in [0.29, 0.717) is 6.61 Å². The highest BCUT2D eigenvalue weighted by molar-refractivity contribution is 6.65. The van der Waals surface area contributed by atoms with Gasteiger partial charge in [0.05, 0.1) is 6.61 Å². The molecule has 124 valence electrons. The lowest BCUT2D eigenvalue weighted by molar-refractivity contribution is -0.279. The summed E-state index contributed by atoms with van der Waals surface area (Å²) in [6.45, 7) is 3.55. The molecule has 0 rings (SSSR count). The molecule has 0 amide bonds. The zero-order valence-corrected chi connectivity index (χ0v) is 14.3. The van der Waals surface area contributed by atoms with Crippen LogP contribution in [0, 0.1) is 0 Å². The Labute approximate surface area is 121 Å². The lowest BCUT2D eigenvalue weighted by atomic mass is 10.5. The van der Waals surface area contributed by atoms with Crippen LogP contribution < -0.4 is 0 Å². The van der Waals surface area contributed by atoms with Crippen LogP contribution in [0.5, 0.6) is 0 Å². The van der Waals surface area contributed by atoms with E-state index in [9.17, 15) is 8.78 Å². The molecule has 0 aromatic carbocycles. The highest BCUT2D eigenvalue weighted by Gasteiger charge is 2.27. The Morgan fingerprint density at radius 1 is 1.00 bits per heavy atom. The maximum atomic E-state index is 12.1. The molecule has 0 spiro atoms. The van der Waals surface area contributed by atoms with Crippen LogP contribution in [0.15, 0.2) is 0 Å². The standard InChI is InChI=1S/C8H19FO3Si.C4H9FO2/c1-10-13(3,11-2)8-4-6-12-7-5-9;1-4(5,6-2)7-3/h4-8H2,1-3H3;1-3H3. The van der Waals surface area contributed by atoms with Gasteiger partial charge in [-0.25, -0.2) is 4.39 Å². The molecule has 0 fully saturated rings. The predicted octanol–water partition coefficient (Wildman–Crippen LogP) is 2.65. The van der Waals surface area contributed by atoms with Crippen molar-refractivity contribution in [2.45, 2.75) is 32.0 Å². The molecular weight excluding hydrogens is 290 g/mol. The Morgan fingerprint density at radius 2 is 1.50 bits per heavy atom. The summed E-state index contributed by atoms with van der Waals surface area (Å²) in [5, 5.41) is 0. The summed E-state index contributed by atoms with van der Waals surface area (Å²) in [6, 6.07) is -1.04. The lowest BCUT2D eigenvalue weighted by Gasteiger charge is -2.22. The summed E-state index contributed by atoms with van der Waals surface area (Å²) in [7, 11) is 3.88. The number of halogens is 2. The molecule has 8 heteroatoms. The molecule has 0 aliphatic rings. The van der Waals surface area contributed by atoms with Crippen molar-refractivity contribution in [1.29, 1.82) is 0 Å². The van der Waals surface area contributed by atoms with Crippen molar-refractivity contribution in [3.8, 4) is 0 Å². The zero-order chi connectivity index (χ0) is 16.1. The van der Waals surface area contributed by atoms with Crippen LogP contribution in [0.2, 0.25) is 12.6 Å². The summed E-state index contributed by atoms with van der Waals surface area (Å²) in [4.78, 5) is 0. The van der Waals surface area contributed by atoms with Gasteiger partial charge in [0.2, 0.25) is 0 Å². The van der Waals surface area contributed by atoms with Crippen molar-refractivity contribution in [1.82, 2.24) is 0 Å². The van der Waals surface area contributed by atoms with E-state index in [0.717, 1.165) is 12.5 Å². The van der Waals surface area contributed by atoms with Gasteiger partial charge in [-0.15, -0.1) is 0 Å². The number of methoxy groups -OCH3 is 2. The predicted molar refractivity (Wildman–Crippen MR) is 75.4 cm³/mol. The van der Waals surface area contributed by atoms with Gasteiger partial charge in [0.25, 0.3) is 0 Å². The Bertz CT molecular complexity index is 210. The second-order valence-corrected chi connectivity index (χ2v) is 7.77. The van der Waals surface area contributed by atoms with Gasteiger partial charge in [0.15, 0.2) is 0 Å². The van der Waals surface area contributed by atoms with Crippen molar-refractivity contribution < 1.29 is 31.8 Å². The average Bonchev–Trinajstić information content (AvgIpc) is 2.47. The molecule has 0 saturated carbocycles. The van der Waals surface area contributed by atoms with Gasteiger partial charge < -0.3 is 23.1 Å². The van der Waals surface area contributed by atoms with Crippen LogP contribution in [0.1, 0.15) is 13.3 Å². The minimum atomic E-state index is -1.93. The molecule has 0 aliphatic carbocycles. The maximum Gasteiger partial charge on any atom is 0.334 e. The third-order valence-electron chi connectivity index (χ3n) is 2.73. The first-order chi connectivity index (χ1) is 9.30. The second-order valence-electron chi connectivity index (χ2n) is 4.19. The molecular formula is C12H28F2O5Si. The smallest absolute Gasteiger partial charge is 0.334 e. The number of hydrogen-bond donors (Lipinski definition) is 0. The molecule has 0 radical (unpaired) electrons. The molecule has 0 aromatic rings. The van der Waals surface area contributed by atoms with Crippen molar-refractivity contribution in [3.05, 3.63) is 0 Å². The fourth-order valence-electron chi connectivity index (χ4n) is 1.02. The summed E-state index contributed by atoms with van der Waals surface area (Å²) in [5.41, 5.74) is 0. The van der Waals surface area contributed by atoms with Crippen LogP contribution in [0.25, 0.3) is 0 Å². The lowest BCUT2D eigenvalue weighted by Crippen LogP contribution is -2.36. The fraction of sp³-hybridized carbons (Fsp3) is 1.00. The highest BCUT2D eigenvalue weighted by atomic mass is 28.4. The van der Waals surface area contributed by atoms with E-state index in [1.54, 1.807) is 14.2 Å². The average molecular weight is 318 g/mol. The van der Waals surface area contributed by atoms with E-state index in [1.165, 1.54) is 21.1 Å². The van der Waals surface area contributed by atoms with Crippen LogP contribution in [-0.2, 0) is 23.1 Å². The topological polar surface area (TPSA) is 46.2 Å². The van der Waals surface area contributed by atoms with E-state index in [1.807, 2.05) is 6.55 Å². The van der Waals surface area contributed by atoms with Gasteiger partial charge in [0, 0.05) is 42.0 Å². The van der Waals surface area contributed by atoms with Crippen molar-refractivity contribution in [2.24, 2.45) is 0 Å². The van der Waals surface area contributed by atoms with E-state index >= 15 is 0 Å². The molecule has 0 heterocycles. The first-order valence-electron chi connectivity index (χ1n) is 6.34. The van der Waals surface area contributed by atoms with Crippen molar-refractivity contribution >= 4 is 8.56 Å². The summed E-state index contributed by atoms with van der Waals surface area (Å²) < 4.78 is 47.7. The highest BCUT2D eigenvalue weighted by Crippen LogP contribution is 2.13. The number of rotatable bonds is 10. The monoisotopic (exact) mass is 318 g/mol. The van der Waals surface area contributed by atoms with Crippen molar-refractivity contribution in [2.75, 3.05) is 48.3 Å². The van der Waals surface area contributed by atoms with Crippen LogP contribution in [0.3, 0.4) is 0 Å². The zero-order valence-electron chi connectivity index (χ0n) is 13.3. The van der Waals surface area contributed by atoms with E-state index in [2.05, 4.69) is 9.47 Å². The molecule has 0 unspecified atom stereocenters. The van der Waals surface area contributed by atoms with Crippen LogP contribution in [-0.4, -0.2) is 62.9 Å². The van der Waals surface area contributed by atoms with Crippen LogP contribution in [0.4, 0.5) is 8.78 Å². The quantitative estimate of drug-likeness (QED) is 0.352. The largest absolute Gasteiger partial charge is 0.398 e. The van der Waals surface area contributed by atoms with Gasteiger partial charge in [-0.2, -0.15) is 4.39 Å². The Hall–Kier alpha value is -0.123. The Morgan fingerprint density at radius 3 is 1.80 bits per heavy atom. The van der Waals surface area contributed by atoms with E-state index in [4.69, 9.17) is 13.6 Å². The third kappa shape index (κ3) is 12.9. The van der Waals surface area contributed by atoms with E-state index in [-0.39, 0.29) is 6.61 Å². The SMILES string of the molecule is COC(C)(F)OC.CO[Si](C)(CCCOCCF)OC. The van der Waals surface area contributed by atoms with Gasteiger partial charge in [-0.05, 0) is 19.0 Å². The Balaban J connectivity index is 0. The Kier molecular flexibility index (Phi) is 14.0. The molecule has 0 saturated heterocycles. The molecule has 5 nitrogen and oxygen atoms in total. The summed E-state index contributed by atoms with van der Waals surface area (Å²) in [5.74, 6) is 0. The first-order valence-corrected chi connectivity index (χ1v) is 8.86. The van der Waals surface area contributed by atoms with Gasteiger partial charge >= 0.3 is 14.6 Å². The molecule has 20 heavy (non-hydrogen) atoms. The van der Waals surface area contributed by atoms with Gasteiger partial charge in [0.1, 0.15) is 6.67 Å². The summed E-state index contributed by atoms with van der Waals surface area (Å²) in [6.07, 6.45) is 0.865. The minimum absolute atomic E-state index is 0.193. The van der Waals surface area contributed by atoms with Crippen LogP contribution >= 0.6 is 0 Å². The molecule has 0 bridgehead atoms. The molecule has 0 aromatic heterocycles. The van der Waals surface area contributed by atoms with Crippen molar-refractivity contribution in [3.63, 3.8) is 0 Å². The fourth-order valence-corrected chi connectivity index (χ4v) is 2.38. The third-order valence-corrected chi connectivity index (χ3v) is 5.72. The maximum absolute atomic E-state index is 12.1. The molecule has 0 atom stereocenters. The number of hydrogen-bond acceptors (Lipinski definition) is 5. The van der Waals surface area contributed by atoms with Gasteiger partial charge in [-0.1, -0.05) is 0 Å². The molecule has 0 N–H and O–H groups in total. The normalized spacial score (nSPS) is 12.0. The molecule has 0 aliphatic heterocycles. The number of ether oxygens (including phenoxy) is 3. The summed E-state index contributed by atoms with van der Waals surface area (Å²) >= 11 is 0. The second kappa shape index (κ2) is 12.6. The first kappa shape index (κ1) is 22.2.